The quantitative estimate of drug-likeness (QED) is 0.790. The van der Waals surface area contributed by atoms with Crippen molar-refractivity contribution in [2.75, 3.05) is 20.0 Å². The SMILES string of the molecule is COc1cc2nccc(Oc3ccc(N)nn3)c2cc1OC. The number of hydrogen-bond acceptors (Lipinski definition) is 7. The molecule has 0 aliphatic heterocycles. The highest BCUT2D eigenvalue weighted by Crippen LogP contribution is 2.36. The molecular formula is C15H14N4O3. The van der Waals surface area contributed by atoms with Gasteiger partial charge in [0.25, 0.3) is 0 Å². The maximum atomic E-state index is 5.75. The van der Waals surface area contributed by atoms with Crippen LogP contribution < -0.4 is 19.9 Å². The van der Waals surface area contributed by atoms with Gasteiger partial charge in [-0.05, 0) is 18.2 Å². The summed E-state index contributed by atoms with van der Waals surface area (Å²) in [4.78, 5) is 4.31. The van der Waals surface area contributed by atoms with Crippen LogP contribution in [0.15, 0.2) is 36.5 Å². The monoisotopic (exact) mass is 298 g/mol. The summed E-state index contributed by atoms with van der Waals surface area (Å²) in [5, 5.41) is 8.42. The van der Waals surface area contributed by atoms with Gasteiger partial charge in [0.15, 0.2) is 11.5 Å². The van der Waals surface area contributed by atoms with Gasteiger partial charge in [-0.2, -0.15) is 0 Å². The van der Waals surface area contributed by atoms with Gasteiger partial charge in [0.2, 0.25) is 5.88 Å². The largest absolute Gasteiger partial charge is 0.493 e. The zero-order valence-corrected chi connectivity index (χ0v) is 12.1. The van der Waals surface area contributed by atoms with Gasteiger partial charge < -0.3 is 19.9 Å². The number of benzene rings is 1. The molecule has 0 aliphatic carbocycles. The van der Waals surface area contributed by atoms with Crippen LogP contribution in [-0.2, 0) is 0 Å². The van der Waals surface area contributed by atoms with Crippen molar-refractivity contribution in [2.45, 2.75) is 0 Å². The Kier molecular flexibility index (Phi) is 3.61. The molecule has 0 aliphatic rings. The first-order chi connectivity index (χ1) is 10.7. The molecule has 0 amide bonds. The van der Waals surface area contributed by atoms with E-state index in [1.54, 1.807) is 50.7 Å². The smallest absolute Gasteiger partial charge is 0.239 e. The molecule has 0 radical (unpaired) electrons. The summed E-state index contributed by atoms with van der Waals surface area (Å²) in [6.45, 7) is 0. The maximum Gasteiger partial charge on any atom is 0.239 e. The highest BCUT2D eigenvalue weighted by atomic mass is 16.5. The molecule has 7 nitrogen and oxygen atoms in total. The lowest BCUT2D eigenvalue weighted by atomic mass is 10.2. The van der Waals surface area contributed by atoms with Crippen molar-refractivity contribution in [1.82, 2.24) is 15.2 Å². The second-order valence-corrected chi connectivity index (χ2v) is 4.43. The Hall–Kier alpha value is -3.09. The van der Waals surface area contributed by atoms with Gasteiger partial charge in [0.05, 0.1) is 19.7 Å². The number of ether oxygens (including phenoxy) is 3. The Morgan fingerprint density at radius 1 is 0.909 bits per heavy atom. The number of nitrogens with two attached hydrogens (primary N) is 1. The molecule has 0 fully saturated rings. The Balaban J connectivity index is 2.07. The number of methoxy groups -OCH3 is 2. The van der Waals surface area contributed by atoms with Crippen LogP contribution in [0.1, 0.15) is 0 Å². The number of aromatic nitrogens is 3. The van der Waals surface area contributed by atoms with Gasteiger partial charge in [-0.1, -0.05) is 0 Å². The molecule has 2 N–H and O–H groups in total. The standard InChI is InChI=1S/C15H14N4O3/c1-20-12-7-9-10(8-13(12)21-2)17-6-5-11(9)22-15-4-3-14(16)18-19-15/h3-8H,1-2H3,(H2,16,18). The number of pyridine rings is 1. The Morgan fingerprint density at radius 2 is 1.68 bits per heavy atom. The van der Waals surface area contributed by atoms with E-state index in [0.717, 1.165) is 10.9 Å². The molecule has 2 aromatic heterocycles. The average Bonchev–Trinajstić information content (AvgIpc) is 2.56. The molecule has 112 valence electrons. The minimum Gasteiger partial charge on any atom is -0.493 e. The summed E-state index contributed by atoms with van der Waals surface area (Å²) in [5.74, 6) is 2.46. The van der Waals surface area contributed by atoms with Crippen LogP contribution in [0.3, 0.4) is 0 Å². The summed E-state index contributed by atoms with van der Waals surface area (Å²) in [6.07, 6.45) is 1.65. The van der Waals surface area contributed by atoms with Gasteiger partial charge in [-0.3, -0.25) is 4.98 Å². The molecule has 22 heavy (non-hydrogen) atoms. The van der Waals surface area contributed by atoms with Gasteiger partial charge in [-0.25, -0.2) is 0 Å². The molecule has 2 heterocycles. The van der Waals surface area contributed by atoms with Crippen molar-refractivity contribution in [3.8, 4) is 23.1 Å². The predicted octanol–water partition coefficient (Wildman–Crippen LogP) is 2.42. The van der Waals surface area contributed by atoms with Crippen LogP contribution >= 0.6 is 0 Å². The summed E-state index contributed by atoms with van der Waals surface area (Å²) < 4.78 is 16.3. The van der Waals surface area contributed by atoms with Gasteiger partial charge in [0, 0.05) is 23.7 Å². The van der Waals surface area contributed by atoms with Gasteiger partial charge in [0.1, 0.15) is 11.6 Å². The number of nitrogen functional groups attached to an aromatic ring is 1. The van der Waals surface area contributed by atoms with Crippen molar-refractivity contribution in [2.24, 2.45) is 0 Å². The van der Waals surface area contributed by atoms with Gasteiger partial charge in [-0.15, -0.1) is 10.2 Å². The molecule has 0 saturated carbocycles. The van der Waals surface area contributed by atoms with E-state index in [-0.39, 0.29) is 0 Å². The third-order valence-corrected chi connectivity index (χ3v) is 3.08. The van der Waals surface area contributed by atoms with Crippen molar-refractivity contribution < 1.29 is 14.2 Å². The number of hydrogen-bond donors (Lipinski definition) is 1. The molecular weight excluding hydrogens is 284 g/mol. The minimum atomic E-state index is 0.332. The second-order valence-electron chi connectivity index (χ2n) is 4.43. The molecule has 3 rings (SSSR count). The third-order valence-electron chi connectivity index (χ3n) is 3.08. The predicted molar refractivity (Wildman–Crippen MR) is 81.4 cm³/mol. The van der Waals surface area contributed by atoms with Crippen LogP contribution in [0.25, 0.3) is 10.9 Å². The molecule has 0 saturated heterocycles. The third kappa shape index (κ3) is 2.56. The first-order valence-corrected chi connectivity index (χ1v) is 6.49. The maximum absolute atomic E-state index is 5.75. The molecule has 1 aromatic carbocycles. The van der Waals surface area contributed by atoms with Gasteiger partial charge >= 0.3 is 0 Å². The molecule has 3 aromatic rings. The zero-order valence-electron chi connectivity index (χ0n) is 12.1. The Morgan fingerprint density at radius 3 is 2.36 bits per heavy atom. The van der Waals surface area contributed by atoms with E-state index in [1.807, 2.05) is 0 Å². The summed E-state index contributed by atoms with van der Waals surface area (Å²) in [7, 11) is 3.15. The lowest BCUT2D eigenvalue weighted by Crippen LogP contribution is -1.96. The van der Waals surface area contributed by atoms with E-state index >= 15 is 0 Å². The second kappa shape index (κ2) is 5.72. The van der Waals surface area contributed by atoms with Crippen LogP contribution in [0.4, 0.5) is 5.82 Å². The number of anilines is 1. The van der Waals surface area contributed by atoms with E-state index in [2.05, 4.69) is 15.2 Å². The zero-order chi connectivity index (χ0) is 15.5. The van der Waals surface area contributed by atoms with Crippen molar-refractivity contribution in [1.29, 1.82) is 0 Å². The average molecular weight is 298 g/mol. The van der Waals surface area contributed by atoms with E-state index in [4.69, 9.17) is 19.9 Å². The summed E-state index contributed by atoms with van der Waals surface area (Å²) in [6, 6.07) is 8.61. The normalized spacial score (nSPS) is 10.5. The summed E-state index contributed by atoms with van der Waals surface area (Å²) >= 11 is 0. The Labute approximate surface area is 126 Å². The van der Waals surface area contributed by atoms with Crippen molar-refractivity contribution >= 4 is 16.7 Å². The summed E-state index contributed by atoms with van der Waals surface area (Å²) in [5.41, 5.74) is 6.23. The van der Waals surface area contributed by atoms with Crippen LogP contribution in [0.5, 0.6) is 23.1 Å². The minimum absolute atomic E-state index is 0.332. The van der Waals surface area contributed by atoms with Crippen molar-refractivity contribution in [3.63, 3.8) is 0 Å². The molecule has 0 spiro atoms. The fourth-order valence-corrected chi connectivity index (χ4v) is 2.03. The first kappa shape index (κ1) is 13.9. The molecule has 0 atom stereocenters. The molecule has 0 bridgehead atoms. The van der Waals surface area contributed by atoms with Crippen LogP contribution in [0, 0.1) is 0 Å². The fourth-order valence-electron chi connectivity index (χ4n) is 2.03. The van der Waals surface area contributed by atoms with Crippen LogP contribution in [0.2, 0.25) is 0 Å². The molecule has 7 heteroatoms. The lowest BCUT2D eigenvalue weighted by Gasteiger charge is -2.11. The topological polar surface area (TPSA) is 92.4 Å². The Bertz CT molecular complexity index is 806. The fraction of sp³-hybridized carbons (Fsp3) is 0.133. The first-order valence-electron chi connectivity index (χ1n) is 6.49. The van der Waals surface area contributed by atoms with Crippen molar-refractivity contribution in [3.05, 3.63) is 36.5 Å². The van der Waals surface area contributed by atoms with E-state index in [9.17, 15) is 0 Å². The highest BCUT2D eigenvalue weighted by molar-refractivity contribution is 5.88. The number of rotatable bonds is 4. The lowest BCUT2D eigenvalue weighted by molar-refractivity contribution is 0.355. The van der Waals surface area contributed by atoms with E-state index in [0.29, 0.717) is 28.9 Å². The van der Waals surface area contributed by atoms with Crippen LogP contribution in [-0.4, -0.2) is 29.4 Å². The highest BCUT2D eigenvalue weighted by Gasteiger charge is 2.11. The number of fused-ring (bicyclic) bond motifs is 1. The number of nitrogens with zero attached hydrogens (tertiary/aromatic N) is 3. The van der Waals surface area contributed by atoms with E-state index < -0.39 is 0 Å². The van der Waals surface area contributed by atoms with E-state index in [1.165, 1.54) is 0 Å². The molecule has 0 unspecified atom stereocenters.